The number of carbonyl (C=O) groups is 1. The van der Waals surface area contributed by atoms with E-state index in [1.807, 2.05) is 30.3 Å². The molecule has 1 amide bonds. The number of phenolic OH excluding ortho intramolecular Hbond substituents is 1. The second-order valence-corrected chi connectivity index (χ2v) is 7.65. The Labute approximate surface area is 194 Å². The second-order valence-electron chi connectivity index (χ2n) is 7.65. The summed E-state index contributed by atoms with van der Waals surface area (Å²) in [5.74, 6) is 1.53. The van der Waals surface area contributed by atoms with E-state index < -0.39 is 0 Å². The number of para-hydroxylation sites is 1. The molecule has 2 aromatic carbocycles. The van der Waals surface area contributed by atoms with Gasteiger partial charge in [-0.1, -0.05) is 37.5 Å². The average Bonchev–Trinajstić information content (AvgIpc) is 2.80. The molecule has 0 aliphatic rings. The Hall–Kier alpha value is -3.88. The summed E-state index contributed by atoms with van der Waals surface area (Å²) in [6.07, 6.45) is 5.30. The summed E-state index contributed by atoms with van der Waals surface area (Å²) in [6.45, 7) is 3.03. The maximum absolute atomic E-state index is 10.9. The maximum atomic E-state index is 10.9. The van der Waals surface area contributed by atoms with Gasteiger partial charge in [-0.3, -0.25) is 4.79 Å². The smallest absolute Gasteiger partial charge is 0.233 e. The van der Waals surface area contributed by atoms with Crippen LogP contribution in [0.4, 0.5) is 29.2 Å². The van der Waals surface area contributed by atoms with Gasteiger partial charge < -0.3 is 26.4 Å². The lowest BCUT2D eigenvalue weighted by molar-refractivity contribution is -0.118. The van der Waals surface area contributed by atoms with Gasteiger partial charge in [0, 0.05) is 31.4 Å². The summed E-state index contributed by atoms with van der Waals surface area (Å²) < 4.78 is 0. The number of unbranched alkanes of at least 4 members (excludes halogenated alkanes) is 4. The van der Waals surface area contributed by atoms with Crippen molar-refractivity contribution in [2.24, 2.45) is 0 Å². The third-order valence-corrected chi connectivity index (χ3v) is 4.80. The van der Waals surface area contributed by atoms with Crippen molar-refractivity contribution in [2.75, 3.05) is 29.0 Å². The fraction of sp³-hybridized carbons (Fsp3) is 0.333. The number of aromatic nitrogens is 3. The van der Waals surface area contributed by atoms with E-state index in [-0.39, 0.29) is 11.7 Å². The van der Waals surface area contributed by atoms with E-state index >= 15 is 0 Å². The van der Waals surface area contributed by atoms with Crippen LogP contribution in [0.1, 0.15) is 39.0 Å². The van der Waals surface area contributed by atoms with E-state index in [1.54, 1.807) is 31.2 Å². The number of hydrogen-bond acceptors (Lipinski definition) is 8. The van der Waals surface area contributed by atoms with Crippen molar-refractivity contribution in [2.45, 2.75) is 39.0 Å². The summed E-state index contributed by atoms with van der Waals surface area (Å²) >= 11 is 0. The Kier molecular flexibility index (Phi) is 9.26. The number of amides is 1. The van der Waals surface area contributed by atoms with Crippen molar-refractivity contribution in [3.8, 4) is 5.75 Å². The van der Waals surface area contributed by atoms with Crippen molar-refractivity contribution in [3.05, 3.63) is 54.6 Å². The van der Waals surface area contributed by atoms with Gasteiger partial charge in [-0.05, 0) is 49.2 Å². The first kappa shape index (κ1) is 23.8. The summed E-state index contributed by atoms with van der Waals surface area (Å²) in [5, 5.41) is 22.0. The van der Waals surface area contributed by atoms with Crippen LogP contribution in [0.25, 0.3) is 0 Å². The Balaban J connectivity index is 1.55. The largest absolute Gasteiger partial charge is 0.508 e. The minimum absolute atomic E-state index is 0.0249. The van der Waals surface area contributed by atoms with Crippen LogP contribution in [-0.2, 0) is 4.79 Å². The molecule has 33 heavy (non-hydrogen) atoms. The highest BCUT2D eigenvalue weighted by Crippen LogP contribution is 2.20. The van der Waals surface area contributed by atoms with E-state index in [9.17, 15) is 9.90 Å². The van der Waals surface area contributed by atoms with E-state index in [0.29, 0.717) is 17.8 Å². The first-order valence-corrected chi connectivity index (χ1v) is 11.2. The normalized spacial score (nSPS) is 10.5. The molecule has 5 N–H and O–H groups in total. The molecule has 3 aromatic rings. The minimum atomic E-state index is 0.0249. The molecule has 9 heteroatoms. The van der Waals surface area contributed by atoms with Gasteiger partial charge in [0.2, 0.25) is 23.8 Å². The molecule has 0 saturated heterocycles. The van der Waals surface area contributed by atoms with Gasteiger partial charge in [0.25, 0.3) is 0 Å². The van der Waals surface area contributed by atoms with E-state index in [1.165, 1.54) is 0 Å². The van der Waals surface area contributed by atoms with Crippen LogP contribution in [0.5, 0.6) is 5.75 Å². The van der Waals surface area contributed by atoms with Crippen LogP contribution in [0.15, 0.2) is 54.6 Å². The van der Waals surface area contributed by atoms with Gasteiger partial charge in [-0.2, -0.15) is 15.0 Å². The third-order valence-electron chi connectivity index (χ3n) is 4.80. The molecule has 0 fully saturated rings. The highest BCUT2D eigenvalue weighted by molar-refractivity contribution is 5.72. The molecular formula is C24H31N7O2. The SMILES string of the molecule is CC(=O)NCCCCCCCNc1nc(Nc2ccccc2)nc(Nc2ccc(O)cc2)n1. The summed E-state index contributed by atoms with van der Waals surface area (Å²) in [4.78, 5) is 24.3. The number of nitrogens with zero attached hydrogens (tertiary/aromatic N) is 3. The molecular weight excluding hydrogens is 418 g/mol. The number of carbonyl (C=O) groups excluding carboxylic acids is 1. The Morgan fingerprint density at radius 3 is 1.91 bits per heavy atom. The van der Waals surface area contributed by atoms with Gasteiger partial charge in [-0.15, -0.1) is 0 Å². The number of nitrogens with one attached hydrogen (secondary N) is 4. The molecule has 0 radical (unpaired) electrons. The minimum Gasteiger partial charge on any atom is -0.508 e. The Bertz CT molecular complexity index is 997. The number of aromatic hydroxyl groups is 1. The molecule has 0 aliphatic heterocycles. The first-order valence-electron chi connectivity index (χ1n) is 11.2. The second kappa shape index (κ2) is 12.8. The summed E-state index contributed by atoms with van der Waals surface area (Å²) in [5.41, 5.74) is 1.64. The number of rotatable bonds is 13. The number of hydrogen-bond donors (Lipinski definition) is 5. The molecule has 0 spiro atoms. The van der Waals surface area contributed by atoms with Crippen molar-refractivity contribution in [1.82, 2.24) is 20.3 Å². The number of benzene rings is 2. The standard InChI is InChI=1S/C24H31N7O2/c1-18(32)25-16-8-3-2-4-9-17-26-22-29-23(27-19-10-6-5-7-11-19)31-24(30-22)28-20-12-14-21(33)15-13-20/h5-7,10-15,33H,2-4,8-9,16-17H2,1H3,(H,25,32)(H3,26,27,28,29,30,31). The molecule has 9 nitrogen and oxygen atoms in total. The Morgan fingerprint density at radius 2 is 1.27 bits per heavy atom. The fourth-order valence-corrected chi connectivity index (χ4v) is 3.14. The molecule has 174 valence electrons. The van der Waals surface area contributed by atoms with Gasteiger partial charge in [0.05, 0.1) is 0 Å². The van der Waals surface area contributed by atoms with Crippen LogP contribution in [0.3, 0.4) is 0 Å². The molecule has 0 unspecified atom stereocenters. The van der Waals surface area contributed by atoms with E-state index in [2.05, 4.69) is 36.2 Å². The molecule has 3 rings (SSSR count). The van der Waals surface area contributed by atoms with Crippen LogP contribution >= 0.6 is 0 Å². The van der Waals surface area contributed by atoms with E-state index in [4.69, 9.17) is 0 Å². The monoisotopic (exact) mass is 449 g/mol. The first-order chi connectivity index (χ1) is 16.1. The fourth-order valence-electron chi connectivity index (χ4n) is 3.14. The van der Waals surface area contributed by atoms with Crippen molar-refractivity contribution in [3.63, 3.8) is 0 Å². The molecule has 1 heterocycles. The van der Waals surface area contributed by atoms with Crippen LogP contribution in [-0.4, -0.2) is 39.1 Å². The van der Waals surface area contributed by atoms with Gasteiger partial charge in [0.15, 0.2) is 0 Å². The summed E-state index contributed by atoms with van der Waals surface area (Å²) in [6, 6.07) is 16.4. The molecule has 0 atom stereocenters. The predicted octanol–water partition coefficient (Wildman–Crippen LogP) is 4.56. The predicted molar refractivity (Wildman–Crippen MR) is 131 cm³/mol. The van der Waals surface area contributed by atoms with Crippen LogP contribution in [0, 0.1) is 0 Å². The summed E-state index contributed by atoms with van der Waals surface area (Å²) in [7, 11) is 0. The lowest BCUT2D eigenvalue weighted by atomic mass is 10.1. The zero-order valence-corrected chi connectivity index (χ0v) is 18.8. The molecule has 0 aliphatic carbocycles. The number of phenols is 1. The average molecular weight is 450 g/mol. The molecule has 1 aromatic heterocycles. The molecule has 0 saturated carbocycles. The zero-order chi connectivity index (χ0) is 23.3. The van der Waals surface area contributed by atoms with Crippen molar-refractivity contribution >= 4 is 35.1 Å². The van der Waals surface area contributed by atoms with Crippen LogP contribution < -0.4 is 21.3 Å². The zero-order valence-electron chi connectivity index (χ0n) is 18.8. The van der Waals surface area contributed by atoms with E-state index in [0.717, 1.165) is 56.6 Å². The Morgan fingerprint density at radius 1 is 0.727 bits per heavy atom. The lowest BCUT2D eigenvalue weighted by Gasteiger charge is -2.11. The highest BCUT2D eigenvalue weighted by atomic mass is 16.3. The topological polar surface area (TPSA) is 124 Å². The highest BCUT2D eigenvalue weighted by Gasteiger charge is 2.08. The van der Waals surface area contributed by atoms with Gasteiger partial charge in [-0.25, -0.2) is 0 Å². The maximum Gasteiger partial charge on any atom is 0.233 e. The van der Waals surface area contributed by atoms with Crippen molar-refractivity contribution < 1.29 is 9.90 Å². The van der Waals surface area contributed by atoms with Crippen LogP contribution in [0.2, 0.25) is 0 Å². The number of anilines is 5. The molecule has 0 bridgehead atoms. The van der Waals surface area contributed by atoms with Crippen molar-refractivity contribution in [1.29, 1.82) is 0 Å². The quantitative estimate of drug-likeness (QED) is 0.190. The van der Waals surface area contributed by atoms with Gasteiger partial charge in [0.1, 0.15) is 5.75 Å². The lowest BCUT2D eigenvalue weighted by Crippen LogP contribution is -2.20. The van der Waals surface area contributed by atoms with Gasteiger partial charge >= 0.3 is 0 Å². The third kappa shape index (κ3) is 9.02.